The first-order valence-corrected chi connectivity index (χ1v) is 8.29. The molecule has 128 valence electrons. The van der Waals surface area contributed by atoms with Gasteiger partial charge in [0, 0.05) is 22.7 Å². The number of esters is 1. The van der Waals surface area contributed by atoms with E-state index in [2.05, 4.69) is 32.2 Å². The number of fused-ring (bicyclic) bond motifs is 1. The van der Waals surface area contributed by atoms with Gasteiger partial charge >= 0.3 is 5.97 Å². The highest BCUT2D eigenvalue weighted by atomic mass is 32.2. The molecule has 8 heteroatoms. The van der Waals surface area contributed by atoms with Crippen molar-refractivity contribution in [3.05, 3.63) is 46.0 Å². The van der Waals surface area contributed by atoms with E-state index in [-0.39, 0.29) is 4.91 Å². The molecule has 2 N–H and O–H groups in total. The standard InChI is InChI=1S/C17H16N4O3S/c1-9-10(2)19-15-11(5-4-6-12(9)15)8-18-21-17-20-16(23)13(25-17)7-14(22)24-3/h4-8,19H,1-3H3,(H,20,21,23)/b13-7+,18-8?. The summed E-state index contributed by atoms with van der Waals surface area (Å²) in [5.41, 5.74) is 4.21. The van der Waals surface area contributed by atoms with Gasteiger partial charge in [0.05, 0.1) is 23.7 Å². The van der Waals surface area contributed by atoms with Crippen LogP contribution in [-0.2, 0) is 14.3 Å². The van der Waals surface area contributed by atoms with Crippen molar-refractivity contribution in [1.29, 1.82) is 0 Å². The van der Waals surface area contributed by atoms with Crippen LogP contribution in [0.25, 0.3) is 10.9 Å². The Morgan fingerprint density at radius 1 is 1.32 bits per heavy atom. The molecule has 0 spiro atoms. The number of carbonyl (C=O) groups is 2. The fourth-order valence-electron chi connectivity index (χ4n) is 2.40. The molecule has 0 radical (unpaired) electrons. The van der Waals surface area contributed by atoms with Gasteiger partial charge in [-0.25, -0.2) is 4.79 Å². The topological polar surface area (TPSA) is 95.9 Å². The maximum atomic E-state index is 11.7. The highest BCUT2D eigenvalue weighted by molar-refractivity contribution is 8.18. The van der Waals surface area contributed by atoms with Crippen molar-refractivity contribution in [3.8, 4) is 0 Å². The second-order valence-electron chi connectivity index (χ2n) is 5.38. The molecule has 1 amide bonds. The molecule has 1 aromatic carbocycles. The average Bonchev–Trinajstić information content (AvgIpc) is 3.08. The highest BCUT2D eigenvalue weighted by Gasteiger charge is 2.25. The average molecular weight is 356 g/mol. The molecule has 1 aromatic heterocycles. The third-order valence-electron chi connectivity index (χ3n) is 3.82. The summed E-state index contributed by atoms with van der Waals surface area (Å²) in [7, 11) is 1.25. The quantitative estimate of drug-likeness (QED) is 0.382. The Bertz CT molecular complexity index is 956. The van der Waals surface area contributed by atoms with Crippen LogP contribution in [0.1, 0.15) is 16.8 Å². The van der Waals surface area contributed by atoms with Gasteiger partial charge < -0.3 is 9.72 Å². The van der Waals surface area contributed by atoms with E-state index in [1.165, 1.54) is 12.7 Å². The summed E-state index contributed by atoms with van der Waals surface area (Å²) >= 11 is 1.04. The van der Waals surface area contributed by atoms with Crippen molar-refractivity contribution >= 4 is 45.9 Å². The van der Waals surface area contributed by atoms with Crippen LogP contribution in [0.4, 0.5) is 0 Å². The second kappa shape index (κ2) is 6.94. The number of amidine groups is 1. The molecule has 2 aromatic rings. The molecule has 3 rings (SSSR count). The smallest absolute Gasteiger partial charge is 0.331 e. The number of aromatic nitrogens is 1. The van der Waals surface area contributed by atoms with Gasteiger partial charge in [-0.2, -0.15) is 5.10 Å². The van der Waals surface area contributed by atoms with Gasteiger partial charge in [-0.05, 0) is 31.2 Å². The van der Waals surface area contributed by atoms with E-state index in [0.29, 0.717) is 5.17 Å². The lowest BCUT2D eigenvalue weighted by atomic mass is 10.1. The number of aryl methyl sites for hydroxylation is 2. The first kappa shape index (κ1) is 17.0. The molecule has 0 unspecified atom stereocenters. The molecule has 1 aliphatic heterocycles. The van der Waals surface area contributed by atoms with E-state index in [1.54, 1.807) is 6.21 Å². The van der Waals surface area contributed by atoms with Crippen molar-refractivity contribution in [2.75, 3.05) is 7.11 Å². The largest absolute Gasteiger partial charge is 0.466 e. The first-order valence-electron chi connectivity index (χ1n) is 7.47. The predicted molar refractivity (Wildman–Crippen MR) is 98.6 cm³/mol. The van der Waals surface area contributed by atoms with Crippen molar-refractivity contribution in [2.24, 2.45) is 10.2 Å². The van der Waals surface area contributed by atoms with Gasteiger partial charge in [-0.1, -0.05) is 18.2 Å². The van der Waals surface area contributed by atoms with Gasteiger partial charge in [-0.15, -0.1) is 5.10 Å². The first-order chi connectivity index (χ1) is 12.0. The molecular formula is C17H16N4O3S. The summed E-state index contributed by atoms with van der Waals surface area (Å²) in [5, 5.41) is 12.0. The van der Waals surface area contributed by atoms with Crippen molar-refractivity contribution in [3.63, 3.8) is 0 Å². The molecule has 2 heterocycles. The van der Waals surface area contributed by atoms with Crippen LogP contribution in [0, 0.1) is 13.8 Å². The lowest BCUT2D eigenvalue weighted by Gasteiger charge is -1.96. The number of nitrogens with one attached hydrogen (secondary N) is 2. The normalized spacial score (nSPS) is 17.8. The Morgan fingerprint density at radius 2 is 2.12 bits per heavy atom. The van der Waals surface area contributed by atoms with Crippen LogP contribution in [0.2, 0.25) is 0 Å². The number of thioether (sulfide) groups is 1. The Morgan fingerprint density at radius 3 is 2.88 bits per heavy atom. The monoisotopic (exact) mass is 356 g/mol. The molecule has 0 saturated carbocycles. The van der Waals surface area contributed by atoms with Gasteiger partial charge in [0.2, 0.25) is 0 Å². The van der Waals surface area contributed by atoms with Crippen LogP contribution in [0.3, 0.4) is 0 Å². The van der Waals surface area contributed by atoms with Crippen LogP contribution in [0.15, 0.2) is 39.4 Å². The van der Waals surface area contributed by atoms with Crippen LogP contribution in [-0.4, -0.2) is 35.4 Å². The fourth-order valence-corrected chi connectivity index (χ4v) is 3.14. The van der Waals surface area contributed by atoms with Crippen molar-refractivity contribution in [2.45, 2.75) is 13.8 Å². The summed E-state index contributed by atoms with van der Waals surface area (Å²) in [6.07, 6.45) is 2.75. The summed E-state index contributed by atoms with van der Waals surface area (Å²) in [6, 6.07) is 5.94. The molecule has 7 nitrogen and oxygen atoms in total. The van der Waals surface area contributed by atoms with E-state index in [1.807, 2.05) is 25.1 Å². The van der Waals surface area contributed by atoms with E-state index >= 15 is 0 Å². The van der Waals surface area contributed by atoms with E-state index < -0.39 is 11.9 Å². The number of hydrogen-bond donors (Lipinski definition) is 2. The summed E-state index contributed by atoms with van der Waals surface area (Å²) < 4.78 is 4.51. The number of amides is 1. The molecule has 25 heavy (non-hydrogen) atoms. The molecule has 1 aliphatic rings. The minimum atomic E-state index is -0.591. The van der Waals surface area contributed by atoms with Crippen LogP contribution >= 0.6 is 11.8 Å². The Hall–Kier alpha value is -2.87. The fraction of sp³-hybridized carbons (Fsp3) is 0.176. The zero-order valence-corrected chi connectivity index (χ0v) is 14.7. The Labute approximate surface area is 148 Å². The number of ether oxygens (including phenoxy) is 1. The number of rotatable bonds is 3. The summed E-state index contributed by atoms with van der Waals surface area (Å²) in [6.45, 7) is 4.09. The van der Waals surface area contributed by atoms with E-state index in [9.17, 15) is 9.59 Å². The third kappa shape index (κ3) is 3.48. The SMILES string of the molecule is COC(=O)/C=C1/S/C(=N\N=Cc2cccc3c(C)c(C)[nH]c23)NC1=O. The maximum Gasteiger partial charge on any atom is 0.331 e. The third-order valence-corrected chi connectivity index (χ3v) is 4.72. The molecule has 0 bridgehead atoms. The Balaban J connectivity index is 1.81. The highest BCUT2D eigenvalue weighted by Crippen LogP contribution is 2.24. The lowest BCUT2D eigenvalue weighted by molar-refractivity contribution is -0.135. The maximum absolute atomic E-state index is 11.7. The van der Waals surface area contributed by atoms with Crippen LogP contribution in [0.5, 0.6) is 0 Å². The van der Waals surface area contributed by atoms with Crippen molar-refractivity contribution < 1.29 is 14.3 Å². The van der Waals surface area contributed by atoms with E-state index in [0.717, 1.165) is 40.0 Å². The Kier molecular flexibility index (Phi) is 4.71. The van der Waals surface area contributed by atoms with Gasteiger partial charge in [0.25, 0.3) is 5.91 Å². The number of methoxy groups -OCH3 is 1. The van der Waals surface area contributed by atoms with Crippen molar-refractivity contribution in [1.82, 2.24) is 10.3 Å². The number of hydrogen-bond acceptors (Lipinski definition) is 6. The van der Waals surface area contributed by atoms with Gasteiger partial charge in [0.15, 0.2) is 5.17 Å². The minimum absolute atomic E-state index is 0.221. The molecule has 0 aliphatic carbocycles. The minimum Gasteiger partial charge on any atom is -0.466 e. The van der Waals surface area contributed by atoms with Gasteiger partial charge in [0.1, 0.15) is 0 Å². The number of benzene rings is 1. The number of aromatic amines is 1. The number of nitrogens with zero attached hydrogens (tertiary/aromatic N) is 2. The lowest BCUT2D eigenvalue weighted by Crippen LogP contribution is -2.19. The zero-order valence-electron chi connectivity index (χ0n) is 13.9. The molecule has 1 fully saturated rings. The predicted octanol–water partition coefficient (Wildman–Crippen LogP) is 2.39. The summed E-state index contributed by atoms with van der Waals surface area (Å²) in [4.78, 5) is 26.5. The number of H-pyrrole nitrogens is 1. The molecule has 0 atom stereocenters. The molecule has 1 saturated heterocycles. The zero-order chi connectivity index (χ0) is 18.0. The van der Waals surface area contributed by atoms with Gasteiger partial charge in [-0.3, -0.25) is 10.1 Å². The number of para-hydroxylation sites is 1. The second-order valence-corrected chi connectivity index (χ2v) is 6.41. The van der Waals surface area contributed by atoms with Crippen LogP contribution < -0.4 is 5.32 Å². The van der Waals surface area contributed by atoms with E-state index in [4.69, 9.17) is 0 Å². The number of carbonyl (C=O) groups excluding carboxylic acids is 2. The molecular weight excluding hydrogens is 340 g/mol. The summed E-state index contributed by atoms with van der Waals surface area (Å²) in [5.74, 6) is -0.992.